The van der Waals surface area contributed by atoms with Crippen molar-refractivity contribution in [2.45, 2.75) is 32.6 Å². The van der Waals surface area contributed by atoms with E-state index in [1.54, 1.807) is 0 Å². The zero-order chi connectivity index (χ0) is 12.8. The SMILES string of the molecule is CCCCC(=O)NCCc1ccc2ocnc2c1. The summed E-state index contributed by atoms with van der Waals surface area (Å²) in [6, 6.07) is 5.92. The number of benzene rings is 1. The van der Waals surface area contributed by atoms with Gasteiger partial charge in [0.05, 0.1) is 0 Å². The van der Waals surface area contributed by atoms with E-state index >= 15 is 0 Å². The number of hydrogen-bond acceptors (Lipinski definition) is 3. The molecule has 0 saturated carbocycles. The molecule has 0 fully saturated rings. The smallest absolute Gasteiger partial charge is 0.220 e. The van der Waals surface area contributed by atoms with Gasteiger partial charge in [0.15, 0.2) is 12.0 Å². The van der Waals surface area contributed by atoms with Crippen LogP contribution >= 0.6 is 0 Å². The highest BCUT2D eigenvalue weighted by Crippen LogP contribution is 2.14. The molecule has 4 nitrogen and oxygen atoms in total. The first-order chi connectivity index (χ1) is 8.79. The molecule has 0 aliphatic heterocycles. The van der Waals surface area contributed by atoms with Crippen molar-refractivity contribution < 1.29 is 9.21 Å². The molecule has 0 spiro atoms. The minimum atomic E-state index is 0.138. The lowest BCUT2D eigenvalue weighted by atomic mass is 10.1. The van der Waals surface area contributed by atoms with Gasteiger partial charge in [-0.05, 0) is 30.5 Å². The molecule has 0 aliphatic rings. The van der Waals surface area contributed by atoms with Gasteiger partial charge in [-0.15, -0.1) is 0 Å². The topological polar surface area (TPSA) is 55.1 Å². The summed E-state index contributed by atoms with van der Waals surface area (Å²) >= 11 is 0. The lowest BCUT2D eigenvalue weighted by Crippen LogP contribution is -2.25. The highest BCUT2D eigenvalue weighted by atomic mass is 16.3. The van der Waals surface area contributed by atoms with Gasteiger partial charge in [0.2, 0.25) is 5.91 Å². The second-order valence-corrected chi connectivity index (χ2v) is 4.36. The number of carbonyl (C=O) groups excluding carboxylic acids is 1. The Morgan fingerprint density at radius 1 is 1.44 bits per heavy atom. The molecule has 1 heterocycles. The van der Waals surface area contributed by atoms with Gasteiger partial charge in [0.25, 0.3) is 0 Å². The number of rotatable bonds is 6. The molecule has 0 radical (unpaired) electrons. The summed E-state index contributed by atoms with van der Waals surface area (Å²) in [6.07, 6.45) is 4.90. The maximum atomic E-state index is 11.4. The van der Waals surface area contributed by atoms with Gasteiger partial charge in [-0.2, -0.15) is 0 Å². The van der Waals surface area contributed by atoms with E-state index in [1.807, 2.05) is 18.2 Å². The first-order valence-electron chi connectivity index (χ1n) is 6.38. The molecule has 18 heavy (non-hydrogen) atoms. The van der Waals surface area contributed by atoms with Crippen molar-refractivity contribution >= 4 is 17.0 Å². The summed E-state index contributed by atoms with van der Waals surface area (Å²) in [6.45, 7) is 2.76. The third kappa shape index (κ3) is 3.32. The van der Waals surface area contributed by atoms with Crippen LogP contribution in [0.5, 0.6) is 0 Å². The predicted molar refractivity (Wildman–Crippen MR) is 70.2 cm³/mol. The first-order valence-corrected chi connectivity index (χ1v) is 6.38. The van der Waals surface area contributed by atoms with Crippen LogP contribution in [0.4, 0.5) is 0 Å². The van der Waals surface area contributed by atoms with Crippen LogP contribution in [-0.2, 0) is 11.2 Å². The van der Waals surface area contributed by atoms with Gasteiger partial charge >= 0.3 is 0 Å². The Balaban J connectivity index is 1.81. The molecular formula is C14H18N2O2. The Kier molecular flexibility index (Phi) is 4.34. The minimum absolute atomic E-state index is 0.138. The number of fused-ring (bicyclic) bond motifs is 1. The second-order valence-electron chi connectivity index (χ2n) is 4.36. The van der Waals surface area contributed by atoms with E-state index in [0.717, 1.165) is 35.9 Å². The van der Waals surface area contributed by atoms with E-state index in [4.69, 9.17) is 4.42 Å². The number of aromatic nitrogens is 1. The summed E-state index contributed by atoms with van der Waals surface area (Å²) in [4.78, 5) is 15.5. The Morgan fingerprint density at radius 2 is 2.33 bits per heavy atom. The molecule has 96 valence electrons. The van der Waals surface area contributed by atoms with E-state index in [2.05, 4.69) is 17.2 Å². The fourth-order valence-electron chi connectivity index (χ4n) is 1.83. The minimum Gasteiger partial charge on any atom is -0.443 e. The van der Waals surface area contributed by atoms with Gasteiger partial charge in [0.1, 0.15) is 5.52 Å². The summed E-state index contributed by atoms with van der Waals surface area (Å²) in [7, 11) is 0. The highest BCUT2D eigenvalue weighted by Gasteiger charge is 2.02. The van der Waals surface area contributed by atoms with Gasteiger partial charge in [-0.25, -0.2) is 4.98 Å². The first kappa shape index (κ1) is 12.6. The van der Waals surface area contributed by atoms with Gasteiger partial charge in [0, 0.05) is 13.0 Å². The molecule has 1 aromatic heterocycles. The molecule has 4 heteroatoms. The van der Waals surface area contributed by atoms with Gasteiger partial charge in [-0.3, -0.25) is 4.79 Å². The number of nitrogens with one attached hydrogen (secondary N) is 1. The standard InChI is InChI=1S/C14H18N2O2/c1-2-3-4-14(17)15-8-7-11-5-6-13-12(9-11)16-10-18-13/h5-6,9-10H,2-4,7-8H2,1H3,(H,15,17). The molecule has 0 saturated heterocycles. The maximum absolute atomic E-state index is 11.4. The lowest BCUT2D eigenvalue weighted by Gasteiger charge is -2.04. The van der Waals surface area contributed by atoms with Crippen molar-refractivity contribution in [1.29, 1.82) is 0 Å². The van der Waals surface area contributed by atoms with Crippen LogP contribution < -0.4 is 5.32 Å². The van der Waals surface area contributed by atoms with Crippen molar-refractivity contribution in [3.63, 3.8) is 0 Å². The van der Waals surface area contributed by atoms with E-state index < -0.39 is 0 Å². The number of oxazole rings is 1. The number of unbranched alkanes of at least 4 members (excludes halogenated alkanes) is 1. The molecule has 0 aliphatic carbocycles. The molecule has 0 bridgehead atoms. The van der Waals surface area contributed by atoms with Crippen LogP contribution in [-0.4, -0.2) is 17.4 Å². The summed E-state index contributed by atoms with van der Waals surface area (Å²) in [5.74, 6) is 0.138. The third-order valence-corrected chi connectivity index (χ3v) is 2.89. The Labute approximate surface area is 106 Å². The molecule has 1 aromatic carbocycles. The van der Waals surface area contributed by atoms with Crippen molar-refractivity contribution in [2.75, 3.05) is 6.54 Å². The predicted octanol–water partition coefficient (Wildman–Crippen LogP) is 2.68. The Morgan fingerprint density at radius 3 is 3.17 bits per heavy atom. The van der Waals surface area contributed by atoms with Crippen molar-refractivity contribution in [3.05, 3.63) is 30.2 Å². The van der Waals surface area contributed by atoms with E-state index in [9.17, 15) is 4.79 Å². The molecule has 0 unspecified atom stereocenters. The quantitative estimate of drug-likeness (QED) is 0.852. The monoisotopic (exact) mass is 246 g/mol. The van der Waals surface area contributed by atoms with E-state index in [0.29, 0.717) is 13.0 Å². The summed E-state index contributed by atoms with van der Waals surface area (Å²) < 4.78 is 5.18. The zero-order valence-electron chi connectivity index (χ0n) is 10.6. The third-order valence-electron chi connectivity index (χ3n) is 2.89. The van der Waals surface area contributed by atoms with Crippen LogP contribution in [0.1, 0.15) is 31.7 Å². The average Bonchev–Trinajstić information content (AvgIpc) is 2.83. The van der Waals surface area contributed by atoms with Crippen LogP contribution in [0, 0.1) is 0 Å². The molecule has 1 N–H and O–H groups in total. The number of carbonyl (C=O) groups is 1. The second kappa shape index (κ2) is 6.19. The molecular weight excluding hydrogens is 228 g/mol. The van der Waals surface area contributed by atoms with Crippen molar-refractivity contribution in [3.8, 4) is 0 Å². The number of nitrogens with zero attached hydrogens (tertiary/aromatic N) is 1. The van der Waals surface area contributed by atoms with Crippen LogP contribution in [0.2, 0.25) is 0 Å². The van der Waals surface area contributed by atoms with E-state index in [1.165, 1.54) is 6.39 Å². The average molecular weight is 246 g/mol. The molecule has 2 rings (SSSR count). The Hall–Kier alpha value is -1.84. The van der Waals surface area contributed by atoms with Crippen LogP contribution in [0.15, 0.2) is 29.0 Å². The maximum Gasteiger partial charge on any atom is 0.220 e. The van der Waals surface area contributed by atoms with Crippen LogP contribution in [0.25, 0.3) is 11.1 Å². The fourth-order valence-corrected chi connectivity index (χ4v) is 1.83. The zero-order valence-corrected chi connectivity index (χ0v) is 10.6. The normalized spacial score (nSPS) is 10.7. The molecule has 0 atom stereocenters. The van der Waals surface area contributed by atoms with E-state index in [-0.39, 0.29) is 5.91 Å². The molecule has 1 amide bonds. The highest BCUT2D eigenvalue weighted by molar-refractivity contribution is 5.76. The van der Waals surface area contributed by atoms with Gasteiger partial charge in [-0.1, -0.05) is 19.4 Å². The summed E-state index contributed by atoms with van der Waals surface area (Å²) in [5.41, 5.74) is 2.82. The van der Waals surface area contributed by atoms with Crippen molar-refractivity contribution in [1.82, 2.24) is 10.3 Å². The van der Waals surface area contributed by atoms with Gasteiger partial charge < -0.3 is 9.73 Å². The lowest BCUT2D eigenvalue weighted by molar-refractivity contribution is -0.121. The fraction of sp³-hybridized carbons (Fsp3) is 0.429. The number of amides is 1. The molecule has 2 aromatic rings. The largest absolute Gasteiger partial charge is 0.443 e. The van der Waals surface area contributed by atoms with Crippen LogP contribution in [0.3, 0.4) is 0 Å². The number of hydrogen-bond donors (Lipinski definition) is 1. The van der Waals surface area contributed by atoms with Crippen molar-refractivity contribution in [2.24, 2.45) is 0 Å². The summed E-state index contributed by atoms with van der Waals surface area (Å²) in [5, 5.41) is 2.93. The Bertz CT molecular complexity index is 519.